The van der Waals surface area contributed by atoms with Crippen molar-refractivity contribution in [2.24, 2.45) is 0 Å². The second-order valence-electron chi connectivity index (χ2n) is 9.54. The zero-order valence-corrected chi connectivity index (χ0v) is 22.4. The Kier molecular flexibility index (Phi) is 6.78. The number of methoxy groups -OCH3 is 1. The van der Waals surface area contributed by atoms with Crippen molar-refractivity contribution >= 4 is 32.9 Å². The Labute approximate surface area is 217 Å². The van der Waals surface area contributed by atoms with Crippen LogP contribution in [0.4, 0.5) is 17.3 Å². The lowest BCUT2D eigenvalue weighted by Crippen LogP contribution is -2.29. The molecule has 9 nitrogen and oxygen atoms in total. The van der Waals surface area contributed by atoms with E-state index in [1.807, 2.05) is 42.5 Å². The van der Waals surface area contributed by atoms with Crippen LogP contribution in [0, 0.1) is 0 Å². The van der Waals surface area contributed by atoms with Gasteiger partial charge in [-0.1, -0.05) is 24.3 Å². The van der Waals surface area contributed by atoms with Crippen molar-refractivity contribution in [3.63, 3.8) is 0 Å². The molecule has 0 saturated carbocycles. The molecule has 0 spiro atoms. The van der Waals surface area contributed by atoms with E-state index in [4.69, 9.17) is 9.84 Å². The normalized spacial score (nSPS) is 15.1. The molecule has 3 heterocycles. The van der Waals surface area contributed by atoms with E-state index in [9.17, 15) is 8.42 Å². The summed E-state index contributed by atoms with van der Waals surface area (Å²) in [6.07, 6.45) is 5.17. The van der Waals surface area contributed by atoms with Gasteiger partial charge in [-0.05, 0) is 68.7 Å². The fraction of sp³-hybridized carbons (Fsp3) is 0.333. The third-order valence-electron chi connectivity index (χ3n) is 7.06. The van der Waals surface area contributed by atoms with E-state index in [2.05, 4.69) is 28.3 Å². The number of ether oxygens (including phenoxy) is 1. The van der Waals surface area contributed by atoms with Gasteiger partial charge in [-0.15, -0.1) is 5.10 Å². The van der Waals surface area contributed by atoms with Crippen LogP contribution in [0.2, 0.25) is 0 Å². The highest BCUT2D eigenvalue weighted by atomic mass is 32.2. The number of nitrogens with zero attached hydrogens (tertiary/aromatic N) is 5. The lowest BCUT2D eigenvalue weighted by Gasteiger charge is -2.30. The molecule has 0 radical (unpaired) electrons. The molecule has 5 rings (SSSR count). The Morgan fingerprint density at radius 1 is 1.08 bits per heavy atom. The molecule has 10 heteroatoms. The Hall–Kier alpha value is -3.63. The van der Waals surface area contributed by atoms with Crippen LogP contribution in [0.5, 0.6) is 5.75 Å². The maximum Gasteiger partial charge on any atom is 0.245 e. The highest BCUT2D eigenvalue weighted by Gasteiger charge is 2.22. The summed E-state index contributed by atoms with van der Waals surface area (Å²) in [5, 5.41) is 8.03. The predicted octanol–water partition coefficient (Wildman–Crippen LogP) is 4.35. The fourth-order valence-electron chi connectivity index (χ4n) is 4.88. The first-order chi connectivity index (χ1) is 17.7. The van der Waals surface area contributed by atoms with E-state index < -0.39 is 10.0 Å². The molecular formula is C27H32N6O3S. The molecule has 1 aliphatic heterocycles. The Morgan fingerprint density at radius 2 is 1.84 bits per heavy atom. The van der Waals surface area contributed by atoms with E-state index >= 15 is 0 Å². The maximum absolute atomic E-state index is 12.2. The summed E-state index contributed by atoms with van der Waals surface area (Å²) in [7, 11) is 1.99. The SMILES string of the molecule is COc1cc(Nc2ncc3ccc(-c4ccccc4N(C)S(C)(=O)=O)n3n2)ccc1C1CCN(C)CC1. The Morgan fingerprint density at radius 3 is 2.57 bits per heavy atom. The largest absolute Gasteiger partial charge is 0.496 e. The molecule has 2 aromatic carbocycles. The molecule has 0 unspecified atom stereocenters. The van der Waals surface area contributed by atoms with Crippen molar-refractivity contribution in [1.29, 1.82) is 0 Å². The van der Waals surface area contributed by atoms with Gasteiger partial charge < -0.3 is 15.0 Å². The number of sulfonamides is 1. The topological polar surface area (TPSA) is 92.1 Å². The molecule has 2 aromatic heterocycles. The van der Waals surface area contributed by atoms with Gasteiger partial charge in [0.25, 0.3) is 0 Å². The Bertz CT molecular complexity index is 1530. The predicted molar refractivity (Wildman–Crippen MR) is 147 cm³/mol. The number of anilines is 3. The third-order valence-corrected chi connectivity index (χ3v) is 8.25. The van der Waals surface area contributed by atoms with Crippen LogP contribution in [0.3, 0.4) is 0 Å². The molecule has 37 heavy (non-hydrogen) atoms. The fourth-order valence-corrected chi connectivity index (χ4v) is 5.40. The lowest BCUT2D eigenvalue weighted by molar-refractivity contribution is 0.252. The summed E-state index contributed by atoms with van der Waals surface area (Å²) >= 11 is 0. The van der Waals surface area contributed by atoms with Gasteiger partial charge in [-0.3, -0.25) is 4.31 Å². The summed E-state index contributed by atoms with van der Waals surface area (Å²) in [6, 6.07) is 17.4. The van der Waals surface area contributed by atoms with Crippen molar-refractivity contribution in [3.05, 3.63) is 66.4 Å². The van der Waals surface area contributed by atoms with Crippen molar-refractivity contribution in [1.82, 2.24) is 19.5 Å². The van der Waals surface area contributed by atoms with Crippen LogP contribution in [-0.2, 0) is 10.0 Å². The van der Waals surface area contributed by atoms with Crippen molar-refractivity contribution in [3.8, 4) is 17.0 Å². The molecule has 1 N–H and O–H groups in total. The maximum atomic E-state index is 12.2. The summed E-state index contributed by atoms with van der Waals surface area (Å²) in [6.45, 7) is 2.17. The van der Waals surface area contributed by atoms with Gasteiger partial charge in [-0.25, -0.2) is 17.9 Å². The van der Waals surface area contributed by atoms with E-state index in [1.165, 1.54) is 16.1 Å². The molecule has 1 aliphatic rings. The number of hydrogen-bond donors (Lipinski definition) is 1. The monoisotopic (exact) mass is 520 g/mol. The van der Waals surface area contributed by atoms with Gasteiger partial charge in [0.15, 0.2) is 0 Å². The van der Waals surface area contributed by atoms with Gasteiger partial charge in [0.05, 0.1) is 36.5 Å². The standard InChI is InChI=1S/C27H32N6O3S/c1-31-15-13-19(14-16-31)22-11-9-20(17-26(22)36-3)29-27-28-18-21-10-12-25(33(21)30-27)23-7-5-6-8-24(23)32(2)37(4,34)35/h5-12,17-19H,13-16H2,1-4H3,(H,29,30). The number of likely N-dealkylation sites (tertiary alicyclic amines) is 1. The molecule has 0 amide bonds. The molecule has 0 aliphatic carbocycles. The first-order valence-corrected chi connectivity index (χ1v) is 14.1. The molecule has 194 valence electrons. The van der Waals surface area contributed by atoms with Crippen molar-refractivity contribution in [2.75, 3.05) is 50.2 Å². The lowest BCUT2D eigenvalue weighted by atomic mass is 9.89. The molecule has 0 atom stereocenters. The summed E-state index contributed by atoms with van der Waals surface area (Å²) in [5.41, 5.74) is 4.96. The van der Waals surface area contributed by atoms with Gasteiger partial charge in [0.2, 0.25) is 16.0 Å². The Balaban J connectivity index is 1.46. The molecule has 1 fully saturated rings. The first kappa shape index (κ1) is 25.0. The zero-order valence-electron chi connectivity index (χ0n) is 21.5. The van der Waals surface area contributed by atoms with Crippen LogP contribution < -0.4 is 14.4 Å². The molecular weight excluding hydrogens is 488 g/mol. The number of nitrogens with one attached hydrogen (secondary N) is 1. The zero-order chi connectivity index (χ0) is 26.2. The summed E-state index contributed by atoms with van der Waals surface area (Å²) in [4.78, 5) is 6.85. The molecule has 0 bridgehead atoms. The van der Waals surface area contributed by atoms with E-state index in [1.54, 1.807) is 30.9 Å². The van der Waals surface area contributed by atoms with E-state index in [0.717, 1.165) is 54.1 Å². The smallest absolute Gasteiger partial charge is 0.245 e. The number of benzene rings is 2. The van der Waals surface area contributed by atoms with Crippen LogP contribution in [0.25, 0.3) is 16.8 Å². The van der Waals surface area contributed by atoms with Crippen LogP contribution in [0.1, 0.15) is 24.3 Å². The van der Waals surface area contributed by atoms with E-state index in [-0.39, 0.29) is 0 Å². The number of aromatic nitrogens is 3. The number of hydrogen-bond acceptors (Lipinski definition) is 7. The van der Waals surface area contributed by atoms with E-state index in [0.29, 0.717) is 17.6 Å². The number of rotatable bonds is 7. The van der Waals surface area contributed by atoms with Gasteiger partial charge in [0, 0.05) is 24.4 Å². The minimum atomic E-state index is -3.43. The second kappa shape index (κ2) is 10.0. The van der Waals surface area contributed by atoms with Gasteiger partial charge >= 0.3 is 0 Å². The minimum Gasteiger partial charge on any atom is -0.496 e. The molecule has 4 aromatic rings. The van der Waals surface area contributed by atoms with Gasteiger partial charge in [0.1, 0.15) is 5.75 Å². The van der Waals surface area contributed by atoms with Crippen molar-refractivity contribution in [2.45, 2.75) is 18.8 Å². The summed E-state index contributed by atoms with van der Waals surface area (Å²) < 4.78 is 33.3. The third kappa shape index (κ3) is 5.12. The highest BCUT2D eigenvalue weighted by Crippen LogP contribution is 2.36. The molecule has 1 saturated heterocycles. The first-order valence-electron chi connectivity index (χ1n) is 12.3. The average molecular weight is 521 g/mol. The second-order valence-corrected chi connectivity index (χ2v) is 11.6. The van der Waals surface area contributed by atoms with Crippen LogP contribution >= 0.6 is 0 Å². The van der Waals surface area contributed by atoms with Crippen molar-refractivity contribution < 1.29 is 13.2 Å². The van der Waals surface area contributed by atoms with Gasteiger partial charge in [-0.2, -0.15) is 0 Å². The summed E-state index contributed by atoms with van der Waals surface area (Å²) in [5.74, 6) is 1.77. The number of piperidine rings is 1. The minimum absolute atomic E-state index is 0.424. The van der Waals surface area contributed by atoms with Crippen LogP contribution in [0.15, 0.2) is 60.8 Å². The number of fused-ring (bicyclic) bond motifs is 1. The highest BCUT2D eigenvalue weighted by molar-refractivity contribution is 7.92. The number of para-hydroxylation sites is 1. The quantitative estimate of drug-likeness (QED) is 0.387. The average Bonchev–Trinajstić information content (AvgIpc) is 3.31. The van der Waals surface area contributed by atoms with Crippen LogP contribution in [-0.4, -0.2) is 68.5 Å².